The summed E-state index contributed by atoms with van der Waals surface area (Å²) in [6, 6.07) is 7.81. The quantitative estimate of drug-likeness (QED) is 0.918. The fourth-order valence-corrected chi connectivity index (χ4v) is 1.72. The lowest BCUT2D eigenvalue weighted by Gasteiger charge is -1.96. The van der Waals surface area contributed by atoms with Crippen LogP contribution in [0.5, 0.6) is 0 Å². The number of benzene rings is 1. The molecule has 2 rings (SSSR count). The molecule has 0 bridgehead atoms. The van der Waals surface area contributed by atoms with E-state index in [9.17, 15) is 4.79 Å². The van der Waals surface area contributed by atoms with Gasteiger partial charge in [-0.25, -0.2) is 0 Å². The summed E-state index contributed by atoms with van der Waals surface area (Å²) in [7, 11) is 0. The number of halogens is 1. The molecule has 0 fully saturated rings. The van der Waals surface area contributed by atoms with E-state index in [0.29, 0.717) is 24.6 Å². The Morgan fingerprint density at radius 1 is 1.33 bits per heavy atom. The average molecular weight is 311 g/mol. The van der Waals surface area contributed by atoms with Crippen molar-refractivity contribution in [1.82, 2.24) is 10.1 Å². The van der Waals surface area contributed by atoms with Gasteiger partial charge in [-0.05, 0) is 17.7 Å². The van der Waals surface area contributed by atoms with E-state index in [1.807, 2.05) is 24.3 Å². The SMILES string of the molecule is O=C(O)CCc1noc(Cc2ccc(Br)cc2)n1. The van der Waals surface area contributed by atoms with Crippen molar-refractivity contribution >= 4 is 21.9 Å². The number of rotatable bonds is 5. The molecule has 0 saturated carbocycles. The minimum Gasteiger partial charge on any atom is -0.481 e. The maximum Gasteiger partial charge on any atom is 0.303 e. The Morgan fingerprint density at radius 2 is 2.06 bits per heavy atom. The van der Waals surface area contributed by atoms with Gasteiger partial charge in [0.15, 0.2) is 5.82 Å². The van der Waals surface area contributed by atoms with Crippen LogP contribution < -0.4 is 0 Å². The van der Waals surface area contributed by atoms with Gasteiger partial charge in [0.1, 0.15) is 0 Å². The van der Waals surface area contributed by atoms with Crippen LogP contribution in [-0.4, -0.2) is 21.2 Å². The van der Waals surface area contributed by atoms with E-state index in [2.05, 4.69) is 26.1 Å². The predicted molar refractivity (Wildman–Crippen MR) is 67.2 cm³/mol. The van der Waals surface area contributed by atoms with Crippen molar-refractivity contribution in [2.45, 2.75) is 19.3 Å². The third kappa shape index (κ3) is 3.66. The molecule has 0 atom stereocenters. The second kappa shape index (κ2) is 5.77. The lowest BCUT2D eigenvalue weighted by molar-refractivity contribution is -0.137. The zero-order valence-corrected chi connectivity index (χ0v) is 11.1. The second-order valence-corrected chi connectivity index (χ2v) is 4.72. The zero-order chi connectivity index (χ0) is 13.0. The first-order valence-corrected chi connectivity index (χ1v) is 6.20. The van der Waals surface area contributed by atoms with Crippen LogP contribution in [0.2, 0.25) is 0 Å². The molecule has 0 aliphatic carbocycles. The van der Waals surface area contributed by atoms with Crippen molar-refractivity contribution in [3.8, 4) is 0 Å². The van der Waals surface area contributed by atoms with Gasteiger partial charge >= 0.3 is 5.97 Å². The molecular formula is C12H11BrN2O3. The first-order valence-electron chi connectivity index (χ1n) is 5.41. The molecule has 0 spiro atoms. The summed E-state index contributed by atoms with van der Waals surface area (Å²) in [4.78, 5) is 14.6. The van der Waals surface area contributed by atoms with Crippen molar-refractivity contribution in [3.63, 3.8) is 0 Å². The molecule has 2 aromatic rings. The van der Waals surface area contributed by atoms with Crippen molar-refractivity contribution in [2.24, 2.45) is 0 Å². The Kier molecular flexibility index (Phi) is 4.09. The molecule has 0 unspecified atom stereocenters. The van der Waals surface area contributed by atoms with Crippen molar-refractivity contribution in [3.05, 3.63) is 46.0 Å². The number of aliphatic carboxylic acids is 1. The van der Waals surface area contributed by atoms with Gasteiger partial charge in [-0.1, -0.05) is 33.2 Å². The van der Waals surface area contributed by atoms with Gasteiger partial charge in [-0.15, -0.1) is 0 Å². The standard InChI is InChI=1S/C12H11BrN2O3/c13-9-3-1-8(2-4-9)7-11-14-10(15-18-11)5-6-12(16)17/h1-4H,5-7H2,(H,16,17). The first kappa shape index (κ1) is 12.8. The monoisotopic (exact) mass is 310 g/mol. The second-order valence-electron chi connectivity index (χ2n) is 3.80. The number of hydrogen-bond donors (Lipinski definition) is 1. The van der Waals surface area contributed by atoms with Gasteiger partial charge in [0.2, 0.25) is 5.89 Å². The Hall–Kier alpha value is -1.69. The number of nitrogens with zero attached hydrogens (tertiary/aromatic N) is 2. The highest BCUT2D eigenvalue weighted by atomic mass is 79.9. The highest BCUT2D eigenvalue weighted by Crippen LogP contribution is 2.13. The summed E-state index contributed by atoms with van der Waals surface area (Å²) >= 11 is 3.36. The topological polar surface area (TPSA) is 76.2 Å². The zero-order valence-electron chi connectivity index (χ0n) is 9.47. The highest BCUT2D eigenvalue weighted by Gasteiger charge is 2.08. The number of aryl methyl sites for hydroxylation is 1. The smallest absolute Gasteiger partial charge is 0.303 e. The summed E-state index contributed by atoms with van der Waals surface area (Å²) in [6.07, 6.45) is 0.851. The molecule has 94 valence electrons. The number of carbonyl (C=O) groups is 1. The van der Waals surface area contributed by atoms with Crippen LogP contribution >= 0.6 is 15.9 Å². The van der Waals surface area contributed by atoms with Crippen LogP contribution in [0.1, 0.15) is 23.7 Å². The van der Waals surface area contributed by atoms with Crippen molar-refractivity contribution < 1.29 is 14.4 Å². The highest BCUT2D eigenvalue weighted by molar-refractivity contribution is 9.10. The Labute approximate surface area is 112 Å². The van der Waals surface area contributed by atoms with E-state index in [0.717, 1.165) is 10.0 Å². The van der Waals surface area contributed by atoms with Gasteiger partial charge in [0, 0.05) is 10.9 Å². The fraction of sp³-hybridized carbons (Fsp3) is 0.250. The number of carboxylic acids is 1. The molecule has 0 saturated heterocycles. The number of hydrogen-bond acceptors (Lipinski definition) is 4. The average Bonchev–Trinajstić information content (AvgIpc) is 2.77. The van der Waals surface area contributed by atoms with E-state index < -0.39 is 5.97 Å². The van der Waals surface area contributed by atoms with Crippen LogP contribution in [-0.2, 0) is 17.6 Å². The maximum absolute atomic E-state index is 10.4. The molecule has 5 nitrogen and oxygen atoms in total. The van der Waals surface area contributed by atoms with E-state index in [1.54, 1.807) is 0 Å². The lowest BCUT2D eigenvalue weighted by Crippen LogP contribution is -1.99. The third-order valence-corrected chi connectivity index (χ3v) is 2.87. The van der Waals surface area contributed by atoms with E-state index >= 15 is 0 Å². The van der Waals surface area contributed by atoms with Crippen LogP contribution in [0.25, 0.3) is 0 Å². The predicted octanol–water partition coefficient (Wildman–Crippen LogP) is 2.44. The molecule has 1 N–H and O–H groups in total. The molecule has 1 heterocycles. The van der Waals surface area contributed by atoms with Gasteiger partial charge < -0.3 is 9.63 Å². The molecular weight excluding hydrogens is 300 g/mol. The molecule has 1 aromatic carbocycles. The molecule has 18 heavy (non-hydrogen) atoms. The fourth-order valence-electron chi connectivity index (χ4n) is 1.46. The lowest BCUT2D eigenvalue weighted by atomic mass is 10.1. The summed E-state index contributed by atoms with van der Waals surface area (Å²) < 4.78 is 6.08. The largest absolute Gasteiger partial charge is 0.481 e. The molecule has 0 aliphatic rings. The van der Waals surface area contributed by atoms with Gasteiger partial charge in [0.25, 0.3) is 0 Å². The minimum atomic E-state index is -0.866. The third-order valence-electron chi connectivity index (χ3n) is 2.34. The molecule has 0 amide bonds. The number of carboxylic acid groups (broad SMARTS) is 1. The van der Waals surface area contributed by atoms with Crippen LogP contribution in [0.4, 0.5) is 0 Å². The molecule has 6 heteroatoms. The van der Waals surface area contributed by atoms with E-state index in [-0.39, 0.29) is 6.42 Å². The molecule has 1 aromatic heterocycles. The summed E-state index contributed by atoms with van der Waals surface area (Å²) in [6.45, 7) is 0. The van der Waals surface area contributed by atoms with Crippen molar-refractivity contribution in [1.29, 1.82) is 0 Å². The van der Waals surface area contributed by atoms with E-state index in [4.69, 9.17) is 9.63 Å². The first-order chi connectivity index (χ1) is 8.63. The summed E-state index contributed by atoms with van der Waals surface area (Å²) in [5.41, 5.74) is 1.06. The molecule has 0 radical (unpaired) electrons. The van der Waals surface area contributed by atoms with Crippen LogP contribution in [0.15, 0.2) is 33.3 Å². The van der Waals surface area contributed by atoms with Gasteiger partial charge in [-0.2, -0.15) is 4.98 Å². The maximum atomic E-state index is 10.4. The Bertz CT molecular complexity index is 537. The van der Waals surface area contributed by atoms with Crippen molar-refractivity contribution in [2.75, 3.05) is 0 Å². The normalized spacial score (nSPS) is 10.5. The van der Waals surface area contributed by atoms with Crippen LogP contribution in [0.3, 0.4) is 0 Å². The Balaban J connectivity index is 1.97. The summed E-state index contributed by atoms with van der Waals surface area (Å²) in [5.74, 6) is 0.0662. The van der Waals surface area contributed by atoms with Gasteiger partial charge in [0.05, 0.1) is 12.8 Å². The van der Waals surface area contributed by atoms with Crippen LogP contribution in [0, 0.1) is 0 Å². The Morgan fingerprint density at radius 3 is 2.72 bits per heavy atom. The van der Waals surface area contributed by atoms with Gasteiger partial charge in [-0.3, -0.25) is 4.79 Å². The minimum absolute atomic E-state index is 0.0112. The molecule has 0 aliphatic heterocycles. The number of aromatic nitrogens is 2. The summed E-state index contributed by atoms with van der Waals surface area (Å²) in [5, 5.41) is 12.3. The van der Waals surface area contributed by atoms with E-state index in [1.165, 1.54) is 0 Å².